The SMILES string of the molecule is O=C(CCNC(=O)c1ccco1)OCc1ccc(-c2ccccc2)cc1. The van der Waals surface area contributed by atoms with Gasteiger partial charge < -0.3 is 14.5 Å². The molecule has 0 bridgehead atoms. The van der Waals surface area contributed by atoms with E-state index >= 15 is 0 Å². The molecule has 5 nitrogen and oxygen atoms in total. The molecule has 3 rings (SSSR count). The summed E-state index contributed by atoms with van der Waals surface area (Å²) in [6.45, 7) is 0.408. The van der Waals surface area contributed by atoms with Gasteiger partial charge >= 0.3 is 5.97 Å². The zero-order chi connectivity index (χ0) is 18.2. The molecule has 132 valence electrons. The van der Waals surface area contributed by atoms with E-state index in [9.17, 15) is 9.59 Å². The van der Waals surface area contributed by atoms with Crippen molar-refractivity contribution in [2.75, 3.05) is 6.54 Å². The fourth-order valence-corrected chi connectivity index (χ4v) is 2.43. The van der Waals surface area contributed by atoms with E-state index in [1.54, 1.807) is 12.1 Å². The largest absolute Gasteiger partial charge is 0.461 e. The molecule has 2 aromatic carbocycles. The van der Waals surface area contributed by atoms with Crippen LogP contribution in [-0.2, 0) is 16.1 Å². The Kier molecular flexibility index (Phi) is 5.83. The summed E-state index contributed by atoms with van der Waals surface area (Å²) in [5, 5.41) is 2.61. The molecule has 0 aliphatic rings. The van der Waals surface area contributed by atoms with Gasteiger partial charge in [0, 0.05) is 6.54 Å². The van der Waals surface area contributed by atoms with Gasteiger partial charge in [0.05, 0.1) is 12.7 Å². The summed E-state index contributed by atoms with van der Waals surface area (Å²) in [7, 11) is 0. The number of carbonyl (C=O) groups is 2. The predicted octanol–water partition coefficient (Wildman–Crippen LogP) is 3.81. The molecule has 3 aromatic rings. The van der Waals surface area contributed by atoms with Gasteiger partial charge in [0.15, 0.2) is 5.76 Å². The Bertz CT molecular complexity index is 839. The number of esters is 1. The van der Waals surface area contributed by atoms with Crippen LogP contribution in [-0.4, -0.2) is 18.4 Å². The highest BCUT2D eigenvalue weighted by molar-refractivity contribution is 5.91. The summed E-state index contributed by atoms with van der Waals surface area (Å²) >= 11 is 0. The minimum atomic E-state index is -0.364. The molecule has 0 spiro atoms. The Morgan fingerprint density at radius 1 is 0.885 bits per heavy atom. The zero-order valence-corrected chi connectivity index (χ0v) is 14.2. The first kappa shape index (κ1) is 17.5. The minimum absolute atomic E-state index is 0.106. The number of benzene rings is 2. The molecule has 1 aromatic heterocycles. The fourth-order valence-electron chi connectivity index (χ4n) is 2.43. The molecule has 0 fully saturated rings. The highest BCUT2D eigenvalue weighted by Crippen LogP contribution is 2.19. The topological polar surface area (TPSA) is 68.5 Å². The zero-order valence-electron chi connectivity index (χ0n) is 14.2. The van der Waals surface area contributed by atoms with Crippen molar-refractivity contribution in [3.63, 3.8) is 0 Å². The lowest BCUT2D eigenvalue weighted by atomic mass is 10.0. The predicted molar refractivity (Wildman–Crippen MR) is 97.3 cm³/mol. The average Bonchev–Trinajstić information content (AvgIpc) is 3.22. The van der Waals surface area contributed by atoms with Crippen LogP contribution in [0.4, 0.5) is 0 Å². The van der Waals surface area contributed by atoms with Gasteiger partial charge in [-0.25, -0.2) is 0 Å². The van der Waals surface area contributed by atoms with Gasteiger partial charge in [-0.2, -0.15) is 0 Å². The molecule has 0 aliphatic carbocycles. The fraction of sp³-hybridized carbons (Fsp3) is 0.143. The molecule has 1 amide bonds. The molecular weight excluding hydrogens is 330 g/mol. The summed E-state index contributed by atoms with van der Waals surface area (Å²) in [6.07, 6.45) is 1.53. The molecule has 1 N–H and O–H groups in total. The second-order valence-electron chi connectivity index (χ2n) is 5.71. The third kappa shape index (κ3) is 4.83. The molecule has 26 heavy (non-hydrogen) atoms. The molecular formula is C21H19NO4. The van der Waals surface area contributed by atoms with E-state index in [1.807, 2.05) is 54.6 Å². The summed E-state index contributed by atoms with van der Waals surface area (Å²) in [6, 6.07) is 21.1. The Morgan fingerprint density at radius 2 is 1.62 bits per heavy atom. The van der Waals surface area contributed by atoms with E-state index in [0.717, 1.165) is 16.7 Å². The first-order valence-corrected chi connectivity index (χ1v) is 8.34. The maximum atomic E-state index is 11.8. The van der Waals surface area contributed by atoms with Crippen LogP contribution in [0.5, 0.6) is 0 Å². The van der Waals surface area contributed by atoms with Gasteiger partial charge in [0.1, 0.15) is 6.61 Å². The molecule has 0 saturated carbocycles. The van der Waals surface area contributed by atoms with E-state index < -0.39 is 0 Å². The Balaban J connectivity index is 1.41. The highest BCUT2D eigenvalue weighted by atomic mass is 16.5. The normalized spacial score (nSPS) is 10.3. The summed E-state index contributed by atoms with van der Waals surface area (Å²) in [4.78, 5) is 23.4. The second kappa shape index (κ2) is 8.67. The van der Waals surface area contributed by atoms with Gasteiger partial charge in [0.2, 0.25) is 0 Å². The van der Waals surface area contributed by atoms with E-state index in [1.165, 1.54) is 6.26 Å². The minimum Gasteiger partial charge on any atom is -0.461 e. The van der Waals surface area contributed by atoms with E-state index in [0.29, 0.717) is 0 Å². The standard InChI is InChI=1S/C21H19NO4/c23-20(12-13-22-21(24)19-7-4-14-25-19)26-15-16-8-10-18(11-9-16)17-5-2-1-3-6-17/h1-11,14H,12-13,15H2,(H,22,24). The summed E-state index contributed by atoms with van der Waals surface area (Å²) in [5.74, 6) is -0.493. The molecule has 1 heterocycles. The van der Waals surface area contributed by atoms with Gasteiger partial charge in [-0.3, -0.25) is 9.59 Å². The van der Waals surface area contributed by atoms with Crippen LogP contribution < -0.4 is 5.32 Å². The van der Waals surface area contributed by atoms with Gasteiger partial charge in [-0.1, -0.05) is 54.6 Å². The third-order valence-electron chi connectivity index (χ3n) is 3.82. The van der Waals surface area contributed by atoms with Gasteiger partial charge in [-0.05, 0) is 28.8 Å². The third-order valence-corrected chi connectivity index (χ3v) is 3.82. The molecule has 0 saturated heterocycles. The van der Waals surface area contributed by atoms with E-state index in [-0.39, 0.29) is 37.2 Å². The van der Waals surface area contributed by atoms with Crippen LogP contribution in [0.2, 0.25) is 0 Å². The Labute approximate surface area is 151 Å². The first-order valence-electron chi connectivity index (χ1n) is 8.34. The van der Waals surface area contributed by atoms with Crippen molar-refractivity contribution in [3.8, 4) is 11.1 Å². The quantitative estimate of drug-likeness (QED) is 0.659. The van der Waals surface area contributed by atoms with Crippen molar-refractivity contribution in [1.29, 1.82) is 0 Å². The lowest BCUT2D eigenvalue weighted by molar-refractivity contribution is -0.144. The maximum absolute atomic E-state index is 11.8. The number of amides is 1. The number of hydrogen-bond donors (Lipinski definition) is 1. The van der Waals surface area contributed by atoms with Crippen molar-refractivity contribution < 1.29 is 18.7 Å². The highest BCUT2D eigenvalue weighted by Gasteiger charge is 2.09. The van der Waals surface area contributed by atoms with Crippen molar-refractivity contribution in [1.82, 2.24) is 5.32 Å². The second-order valence-corrected chi connectivity index (χ2v) is 5.71. The Hall–Kier alpha value is -3.34. The average molecular weight is 349 g/mol. The van der Waals surface area contributed by atoms with Gasteiger partial charge in [0.25, 0.3) is 5.91 Å². The number of carbonyl (C=O) groups excluding carboxylic acids is 2. The lowest BCUT2D eigenvalue weighted by Gasteiger charge is -2.07. The number of rotatable bonds is 7. The molecule has 0 unspecified atom stereocenters. The van der Waals surface area contributed by atoms with E-state index in [2.05, 4.69) is 5.32 Å². The lowest BCUT2D eigenvalue weighted by Crippen LogP contribution is -2.26. The van der Waals surface area contributed by atoms with Crippen molar-refractivity contribution >= 4 is 11.9 Å². The molecule has 5 heteroatoms. The number of nitrogens with one attached hydrogen (secondary N) is 1. The van der Waals surface area contributed by atoms with Crippen molar-refractivity contribution in [3.05, 3.63) is 84.3 Å². The van der Waals surface area contributed by atoms with Crippen LogP contribution in [0.15, 0.2) is 77.4 Å². The first-order chi connectivity index (χ1) is 12.7. The number of hydrogen-bond acceptors (Lipinski definition) is 4. The summed E-state index contributed by atoms with van der Waals surface area (Å²) < 4.78 is 10.2. The maximum Gasteiger partial charge on any atom is 0.307 e. The van der Waals surface area contributed by atoms with Crippen LogP contribution in [0.1, 0.15) is 22.5 Å². The molecule has 0 aliphatic heterocycles. The van der Waals surface area contributed by atoms with Gasteiger partial charge in [-0.15, -0.1) is 0 Å². The number of ether oxygens (including phenoxy) is 1. The summed E-state index contributed by atoms with van der Waals surface area (Å²) in [5.41, 5.74) is 3.17. The number of furan rings is 1. The van der Waals surface area contributed by atoms with Crippen LogP contribution >= 0.6 is 0 Å². The van der Waals surface area contributed by atoms with Crippen LogP contribution in [0.3, 0.4) is 0 Å². The Morgan fingerprint density at radius 3 is 2.31 bits per heavy atom. The molecule has 0 atom stereocenters. The van der Waals surface area contributed by atoms with E-state index in [4.69, 9.17) is 9.15 Å². The monoisotopic (exact) mass is 349 g/mol. The van der Waals surface area contributed by atoms with Crippen molar-refractivity contribution in [2.24, 2.45) is 0 Å². The smallest absolute Gasteiger partial charge is 0.307 e. The molecule has 0 radical (unpaired) electrons. The van der Waals surface area contributed by atoms with Crippen LogP contribution in [0, 0.1) is 0 Å². The van der Waals surface area contributed by atoms with Crippen molar-refractivity contribution in [2.45, 2.75) is 13.0 Å². The van der Waals surface area contributed by atoms with Crippen LogP contribution in [0.25, 0.3) is 11.1 Å².